The minimum Gasteiger partial charge on any atom is -0.383 e. The molecule has 1 aromatic rings. The molecule has 3 N–H and O–H groups in total. The maximum atomic E-state index is 5.57. The number of nitrogens with two attached hydrogens (primary N) is 1. The standard InChI is InChI=1S/C9H15BrN4O/c1-2-15-5-3-4-12-9-13-7(10)6-8(11)14-9/h6H,2-5H2,1H3,(H3,11,12,13,14). The Bertz CT molecular complexity index is 288. The largest absolute Gasteiger partial charge is 0.383 e. The van der Waals surface area contributed by atoms with Crippen molar-refractivity contribution in [2.75, 3.05) is 30.8 Å². The first-order valence-corrected chi connectivity index (χ1v) is 5.63. The van der Waals surface area contributed by atoms with Gasteiger partial charge in [0.15, 0.2) is 0 Å². The van der Waals surface area contributed by atoms with Gasteiger partial charge in [0.25, 0.3) is 0 Å². The molecule has 0 amide bonds. The highest BCUT2D eigenvalue weighted by Gasteiger charge is 1.99. The van der Waals surface area contributed by atoms with Crippen molar-refractivity contribution in [2.24, 2.45) is 0 Å². The maximum Gasteiger partial charge on any atom is 0.225 e. The van der Waals surface area contributed by atoms with Gasteiger partial charge in [-0.25, -0.2) is 4.98 Å². The number of nitrogen functional groups attached to an aromatic ring is 1. The molecule has 0 spiro atoms. The fourth-order valence-corrected chi connectivity index (χ4v) is 1.44. The van der Waals surface area contributed by atoms with E-state index in [1.807, 2.05) is 6.92 Å². The van der Waals surface area contributed by atoms with Crippen molar-refractivity contribution in [1.29, 1.82) is 0 Å². The molecule has 0 bridgehead atoms. The first kappa shape index (κ1) is 12.2. The highest BCUT2D eigenvalue weighted by Crippen LogP contribution is 2.11. The lowest BCUT2D eigenvalue weighted by Crippen LogP contribution is -2.09. The van der Waals surface area contributed by atoms with Gasteiger partial charge in [0.2, 0.25) is 5.95 Å². The van der Waals surface area contributed by atoms with E-state index < -0.39 is 0 Å². The molecule has 84 valence electrons. The first-order valence-electron chi connectivity index (χ1n) is 4.84. The molecule has 0 aliphatic heterocycles. The quantitative estimate of drug-likeness (QED) is 0.610. The SMILES string of the molecule is CCOCCCNc1nc(N)cc(Br)n1. The minimum atomic E-state index is 0.448. The summed E-state index contributed by atoms with van der Waals surface area (Å²) in [5.41, 5.74) is 5.57. The van der Waals surface area contributed by atoms with Gasteiger partial charge in [0.05, 0.1) is 0 Å². The van der Waals surface area contributed by atoms with Crippen molar-refractivity contribution in [3.8, 4) is 0 Å². The first-order chi connectivity index (χ1) is 7.22. The van der Waals surface area contributed by atoms with Crippen LogP contribution in [0.15, 0.2) is 10.7 Å². The number of halogens is 1. The Morgan fingerprint density at radius 3 is 3.00 bits per heavy atom. The molecular formula is C9H15BrN4O. The third kappa shape index (κ3) is 4.94. The molecule has 0 unspecified atom stereocenters. The Morgan fingerprint density at radius 2 is 2.33 bits per heavy atom. The summed E-state index contributed by atoms with van der Waals surface area (Å²) in [6.45, 7) is 4.24. The number of hydrogen-bond acceptors (Lipinski definition) is 5. The Balaban J connectivity index is 2.31. The Hall–Kier alpha value is -0.880. The monoisotopic (exact) mass is 274 g/mol. The number of nitrogens with zero attached hydrogens (tertiary/aromatic N) is 2. The average molecular weight is 275 g/mol. The van der Waals surface area contributed by atoms with Gasteiger partial charge in [0.1, 0.15) is 10.4 Å². The molecule has 1 rings (SSSR count). The zero-order chi connectivity index (χ0) is 11.1. The second-order valence-electron chi connectivity index (χ2n) is 2.92. The predicted molar refractivity (Wildman–Crippen MR) is 63.7 cm³/mol. The molecule has 1 heterocycles. The maximum absolute atomic E-state index is 5.57. The van der Waals surface area contributed by atoms with E-state index in [0.717, 1.165) is 26.2 Å². The lowest BCUT2D eigenvalue weighted by molar-refractivity contribution is 0.147. The number of hydrogen-bond donors (Lipinski definition) is 2. The number of aromatic nitrogens is 2. The number of anilines is 2. The molecule has 0 aromatic carbocycles. The van der Waals surface area contributed by atoms with Crippen molar-refractivity contribution in [1.82, 2.24) is 9.97 Å². The van der Waals surface area contributed by atoms with Crippen LogP contribution < -0.4 is 11.1 Å². The normalized spacial score (nSPS) is 10.3. The zero-order valence-corrected chi connectivity index (χ0v) is 10.2. The topological polar surface area (TPSA) is 73.1 Å². The van der Waals surface area contributed by atoms with Crippen LogP contribution >= 0.6 is 15.9 Å². The second-order valence-corrected chi connectivity index (χ2v) is 3.73. The summed E-state index contributed by atoms with van der Waals surface area (Å²) < 4.78 is 5.89. The third-order valence-electron chi connectivity index (χ3n) is 1.67. The molecule has 0 radical (unpaired) electrons. The van der Waals surface area contributed by atoms with Crippen molar-refractivity contribution < 1.29 is 4.74 Å². The number of ether oxygens (including phenoxy) is 1. The summed E-state index contributed by atoms with van der Waals surface area (Å²) in [4.78, 5) is 8.16. The van der Waals surface area contributed by atoms with Crippen molar-refractivity contribution in [3.63, 3.8) is 0 Å². The molecule has 0 saturated heterocycles. The van der Waals surface area contributed by atoms with Gasteiger partial charge in [0, 0.05) is 25.8 Å². The van der Waals surface area contributed by atoms with Crippen LogP contribution in [-0.2, 0) is 4.74 Å². The Morgan fingerprint density at radius 1 is 1.53 bits per heavy atom. The molecule has 0 atom stereocenters. The van der Waals surface area contributed by atoms with E-state index in [4.69, 9.17) is 10.5 Å². The summed E-state index contributed by atoms with van der Waals surface area (Å²) >= 11 is 3.25. The van der Waals surface area contributed by atoms with Crippen LogP contribution in [0.5, 0.6) is 0 Å². The molecular weight excluding hydrogens is 260 g/mol. The molecule has 6 heteroatoms. The zero-order valence-electron chi connectivity index (χ0n) is 8.66. The summed E-state index contributed by atoms with van der Waals surface area (Å²) in [5, 5.41) is 3.07. The van der Waals surface area contributed by atoms with Crippen molar-refractivity contribution in [2.45, 2.75) is 13.3 Å². The number of nitrogens with one attached hydrogen (secondary N) is 1. The van der Waals surface area contributed by atoms with Gasteiger partial charge in [-0.1, -0.05) is 0 Å². The fourth-order valence-electron chi connectivity index (χ4n) is 1.03. The van der Waals surface area contributed by atoms with E-state index in [-0.39, 0.29) is 0 Å². The van der Waals surface area contributed by atoms with Gasteiger partial charge in [-0.05, 0) is 29.3 Å². The van der Waals surface area contributed by atoms with Crippen LogP contribution in [-0.4, -0.2) is 29.7 Å². The summed E-state index contributed by atoms with van der Waals surface area (Å²) in [6.07, 6.45) is 0.920. The lowest BCUT2D eigenvalue weighted by Gasteiger charge is -2.05. The van der Waals surface area contributed by atoms with Crippen LogP contribution in [0.2, 0.25) is 0 Å². The molecule has 0 aliphatic carbocycles. The van der Waals surface area contributed by atoms with E-state index in [9.17, 15) is 0 Å². The lowest BCUT2D eigenvalue weighted by atomic mass is 10.4. The van der Waals surface area contributed by atoms with Crippen LogP contribution in [0.3, 0.4) is 0 Å². The molecule has 0 aliphatic rings. The van der Waals surface area contributed by atoms with Crippen LogP contribution in [0.1, 0.15) is 13.3 Å². The minimum absolute atomic E-state index is 0.448. The van der Waals surface area contributed by atoms with Gasteiger partial charge >= 0.3 is 0 Å². The van der Waals surface area contributed by atoms with Gasteiger partial charge in [-0.2, -0.15) is 4.98 Å². The second kappa shape index (κ2) is 6.58. The van der Waals surface area contributed by atoms with E-state index in [0.29, 0.717) is 16.4 Å². The number of rotatable bonds is 6. The van der Waals surface area contributed by atoms with E-state index in [1.165, 1.54) is 0 Å². The highest BCUT2D eigenvalue weighted by atomic mass is 79.9. The average Bonchev–Trinajstić information content (AvgIpc) is 2.16. The van der Waals surface area contributed by atoms with Crippen molar-refractivity contribution in [3.05, 3.63) is 10.7 Å². The van der Waals surface area contributed by atoms with Crippen LogP contribution in [0, 0.1) is 0 Å². The summed E-state index contributed by atoms with van der Waals surface area (Å²) in [6, 6.07) is 1.66. The Kier molecular flexibility index (Phi) is 5.34. The van der Waals surface area contributed by atoms with Crippen LogP contribution in [0.25, 0.3) is 0 Å². The molecule has 15 heavy (non-hydrogen) atoms. The van der Waals surface area contributed by atoms with E-state index in [2.05, 4.69) is 31.2 Å². The highest BCUT2D eigenvalue weighted by molar-refractivity contribution is 9.10. The molecule has 0 fully saturated rings. The predicted octanol–water partition coefficient (Wildman–Crippen LogP) is 1.66. The Labute approximate surface area is 97.6 Å². The van der Waals surface area contributed by atoms with Gasteiger partial charge in [-0.3, -0.25) is 0 Å². The smallest absolute Gasteiger partial charge is 0.225 e. The molecule has 0 saturated carbocycles. The fraction of sp³-hybridized carbons (Fsp3) is 0.556. The van der Waals surface area contributed by atoms with Gasteiger partial charge in [-0.15, -0.1) is 0 Å². The summed E-state index contributed by atoms with van der Waals surface area (Å²) in [5.74, 6) is 0.988. The molecule has 5 nitrogen and oxygen atoms in total. The third-order valence-corrected chi connectivity index (χ3v) is 2.07. The van der Waals surface area contributed by atoms with E-state index >= 15 is 0 Å². The van der Waals surface area contributed by atoms with E-state index in [1.54, 1.807) is 6.07 Å². The van der Waals surface area contributed by atoms with Crippen LogP contribution in [0.4, 0.5) is 11.8 Å². The van der Waals surface area contributed by atoms with Crippen molar-refractivity contribution >= 4 is 27.7 Å². The summed E-state index contributed by atoms with van der Waals surface area (Å²) in [7, 11) is 0. The van der Waals surface area contributed by atoms with Gasteiger partial charge < -0.3 is 15.8 Å². The molecule has 1 aromatic heterocycles.